The van der Waals surface area contributed by atoms with E-state index in [0.717, 1.165) is 84.0 Å². The zero-order chi connectivity index (χ0) is 29.3. The number of benzene rings is 3. The smallest absolute Gasteiger partial charge is 0.248 e. The number of ether oxygens (including phenoxy) is 1. The van der Waals surface area contributed by atoms with Crippen molar-refractivity contribution in [3.05, 3.63) is 90.8 Å². The Bertz CT molecular complexity index is 1700. The monoisotopic (exact) mass is 594 g/mol. The third-order valence-electron chi connectivity index (χ3n) is 7.20. The predicted octanol–water partition coefficient (Wildman–Crippen LogP) is 5.12. The number of amides is 1. The summed E-state index contributed by atoms with van der Waals surface area (Å²) in [7, 11) is 0. The van der Waals surface area contributed by atoms with Crippen LogP contribution in [-0.4, -0.2) is 80.1 Å². The molecule has 6 rings (SSSR count). The molecule has 11 heteroatoms. The molecular weight excluding hydrogens is 560 g/mol. The second kappa shape index (κ2) is 14.2. The van der Waals surface area contributed by atoms with Crippen molar-refractivity contribution in [2.75, 3.05) is 55.0 Å². The van der Waals surface area contributed by atoms with Gasteiger partial charge in [-0.15, -0.1) is 5.10 Å². The number of carbonyl (C=O) groups excluding carboxylic acids is 1. The van der Waals surface area contributed by atoms with Crippen LogP contribution >= 0.6 is 11.8 Å². The Morgan fingerprint density at radius 1 is 0.977 bits per heavy atom. The summed E-state index contributed by atoms with van der Waals surface area (Å²) < 4.78 is 7.29. The first kappa shape index (κ1) is 28.8. The molecule has 10 nitrogen and oxygen atoms in total. The maximum absolute atomic E-state index is 12.6. The van der Waals surface area contributed by atoms with Crippen molar-refractivity contribution < 1.29 is 9.53 Å². The molecule has 0 radical (unpaired) electrons. The molecule has 0 aliphatic carbocycles. The Labute approximate surface area is 254 Å². The molecule has 2 aromatic heterocycles. The van der Waals surface area contributed by atoms with Crippen molar-refractivity contribution in [3.8, 4) is 0 Å². The minimum atomic E-state index is -0.163. The molecule has 5 aromatic rings. The fraction of sp³-hybridized carbons (Fsp3) is 0.281. The summed E-state index contributed by atoms with van der Waals surface area (Å²) in [4.78, 5) is 23.9. The lowest BCUT2D eigenvalue weighted by Gasteiger charge is -2.26. The lowest BCUT2D eigenvalue weighted by molar-refractivity contribution is -0.111. The molecule has 0 unspecified atom stereocenters. The Balaban J connectivity index is 1.05. The molecule has 43 heavy (non-hydrogen) atoms. The highest BCUT2D eigenvalue weighted by atomic mass is 32.2. The number of rotatable bonds is 12. The van der Waals surface area contributed by atoms with Crippen LogP contribution in [-0.2, 0) is 16.1 Å². The lowest BCUT2D eigenvalue weighted by atomic mass is 10.2. The van der Waals surface area contributed by atoms with E-state index in [4.69, 9.17) is 4.74 Å². The summed E-state index contributed by atoms with van der Waals surface area (Å²) in [5.74, 6) is 2.35. The molecule has 3 heterocycles. The lowest BCUT2D eigenvalue weighted by Crippen LogP contribution is -2.36. The molecule has 1 amide bonds. The number of aromatic nitrogens is 5. The summed E-state index contributed by atoms with van der Waals surface area (Å²) in [5, 5.41) is 15.9. The predicted molar refractivity (Wildman–Crippen MR) is 173 cm³/mol. The second-order valence-electron chi connectivity index (χ2n) is 10.3. The molecule has 0 atom stereocenters. The maximum Gasteiger partial charge on any atom is 0.248 e. The van der Waals surface area contributed by atoms with Crippen LogP contribution in [0, 0.1) is 0 Å². The van der Waals surface area contributed by atoms with Gasteiger partial charge in [0.15, 0.2) is 0 Å². The minimum Gasteiger partial charge on any atom is -0.379 e. The molecule has 1 fully saturated rings. The van der Waals surface area contributed by atoms with Gasteiger partial charge in [0.25, 0.3) is 0 Å². The number of nitrogens with zero attached hydrogens (tertiary/aromatic N) is 6. The van der Waals surface area contributed by atoms with Crippen LogP contribution < -0.4 is 10.6 Å². The maximum atomic E-state index is 12.6. The zero-order valence-corrected chi connectivity index (χ0v) is 24.7. The molecule has 2 N–H and O–H groups in total. The highest BCUT2D eigenvalue weighted by Gasteiger charge is 2.11. The number of hydrogen-bond donors (Lipinski definition) is 2. The number of anilines is 3. The van der Waals surface area contributed by atoms with Crippen molar-refractivity contribution >= 4 is 56.8 Å². The topological polar surface area (TPSA) is 110 Å². The Morgan fingerprint density at radius 3 is 2.72 bits per heavy atom. The van der Waals surface area contributed by atoms with Gasteiger partial charge in [0.05, 0.1) is 30.8 Å². The van der Waals surface area contributed by atoms with E-state index >= 15 is 0 Å². The summed E-state index contributed by atoms with van der Waals surface area (Å²) in [6.07, 6.45) is 6.18. The molecule has 0 saturated carbocycles. The van der Waals surface area contributed by atoms with Crippen LogP contribution in [0.25, 0.3) is 21.9 Å². The number of hydrogen-bond acceptors (Lipinski definition) is 9. The van der Waals surface area contributed by atoms with Crippen molar-refractivity contribution in [2.24, 2.45) is 0 Å². The van der Waals surface area contributed by atoms with Crippen LogP contribution in [0.5, 0.6) is 0 Å². The van der Waals surface area contributed by atoms with Crippen LogP contribution in [0.3, 0.4) is 0 Å². The van der Waals surface area contributed by atoms with Crippen molar-refractivity contribution in [1.82, 2.24) is 29.9 Å². The average Bonchev–Trinajstić information content (AvgIpc) is 3.43. The molecule has 3 aromatic carbocycles. The summed E-state index contributed by atoms with van der Waals surface area (Å²) in [6.45, 7) is 5.48. The first-order valence-corrected chi connectivity index (χ1v) is 15.6. The van der Waals surface area contributed by atoms with E-state index in [9.17, 15) is 4.79 Å². The Kier molecular flexibility index (Phi) is 9.53. The quantitative estimate of drug-likeness (QED) is 0.150. The van der Waals surface area contributed by atoms with Gasteiger partial charge >= 0.3 is 0 Å². The van der Waals surface area contributed by atoms with E-state index in [0.29, 0.717) is 18.1 Å². The molecule has 1 saturated heterocycles. The van der Waals surface area contributed by atoms with Gasteiger partial charge in [0, 0.05) is 41.7 Å². The van der Waals surface area contributed by atoms with E-state index in [2.05, 4.69) is 47.9 Å². The highest BCUT2D eigenvalue weighted by molar-refractivity contribution is 7.99. The van der Waals surface area contributed by atoms with E-state index in [1.54, 1.807) is 6.08 Å². The second-order valence-corrected chi connectivity index (χ2v) is 11.4. The van der Waals surface area contributed by atoms with Gasteiger partial charge in [-0.25, -0.2) is 14.6 Å². The molecule has 1 aliphatic heterocycles. The highest BCUT2D eigenvalue weighted by Crippen LogP contribution is 2.27. The van der Waals surface area contributed by atoms with Crippen molar-refractivity contribution in [3.63, 3.8) is 0 Å². The fourth-order valence-corrected chi connectivity index (χ4v) is 5.73. The van der Waals surface area contributed by atoms with Crippen molar-refractivity contribution in [1.29, 1.82) is 0 Å². The first-order valence-electron chi connectivity index (χ1n) is 14.5. The summed E-state index contributed by atoms with van der Waals surface area (Å²) >= 11 is 1.84. The molecular formula is C32H34N8O2S. The van der Waals surface area contributed by atoms with Gasteiger partial charge in [0.1, 0.15) is 17.7 Å². The van der Waals surface area contributed by atoms with Crippen LogP contribution in [0.1, 0.15) is 12.0 Å². The fourth-order valence-electron chi connectivity index (χ4n) is 5.00. The van der Waals surface area contributed by atoms with Crippen molar-refractivity contribution in [2.45, 2.75) is 13.0 Å². The molecule has 220 valence electrons. The van der Waals surface area contributed by atoms with E-state index in [1.807, 2.05) is 77.1 Å². The van der Waals surface area contributed by atoms with Gasteiger partial charge in [-0.05, 0) is 60.7 Å². The van der Waals surface area contributed by atoms with Gasteiger partial charge in [-0.1, -0.05) is 41.6 Å². The van der Waals surface area contributed by atoms with Gasteiger partial charge in [-0.2, -0.15) is 11.8 Å². The Morgan fingerprint density at radius 2 is 1.84 bits per heavy atom. The molecule has 1 aliphatic rings. The number of morpholine rings is 1. The number of fused-ring (bicyclic) bond motifs is 2. The SMILES string of the molecule is O=C(/C=C/CSCCCN1CCOCC1)Nc1ccc2ncnc(Nc3ccc4c(c3)nnn4Cc3ccccc3)c2c1. The number of thioether (sulfide) groups is 1. The number of nitrogens with one attached hydrogen (secondary N) is 2. The van der Waals surface area contributed by atoms with E-state index in [1.165, 1.54) is 6.33 Å². The van der Waals surface area contributed by atoms with E-state index in [-0.39, 0.29) is 5.91 Å². The minimum absolute atomic E-state index is 0.163. The third kappa shape index (κ3) is 7.75. The number of carbonyl (C=O) groups is 1. The summed E-state index contributed by atoms with van der Waals surface area (Å²) in [5.41, 5.74) is 5.18. The average molecular weight is 595 g/mol. The van der Waals surface area contributed by atoms with E-state index < -0.39 is 0 Å². The third-order valence-corrected chi connectivity index (χ3v) is 8.21. The van der Waals surface area contributed by atoms with Crippen LogP contribution in [0.15, 0.2) is 85.2 Å². The van der Waals surface area contributed by atoms with Gasteiger partial charge < -0.3 is 15.4 Å². The van der Waals surface area contributed by atoms with Crippen LogP contribution in [0.4, 0.5) is 17.2 Å². The van der Waals surface area contributed by atoms with Gasteiger partial charge in [0.2, 0.25) is 5.91 Å². The Hall–Kier alpha value is -4.32. The van der Waals surface area contributed by atoms with Crippen LogP contribution in [0.2, 0.25) is 0 Å². The zero-order valence-electron chi connectivity index (χ0n) is 23.9. The largest absolute Gasteiger partial charge is 0.379 e. The normalized spacial score (nSPS) is 14.0. The van der Waals surface area contributed by atoms with Gasteiger partial charge in [-0.3, -0.25) is 9.69 Å². The molecule has 0 spiro atoms. The summed E-state index contributed by atoms with van der Waals surface area (Å²) in [6, 6.07) is 21.7. The molecule has 0 bridgehead atoms. The standard InChI is InChI=1S/C32H34N8O2S/c41-31(8-4-18-43-19-5-13-39-14-16-42-17-15-39)35-25-9-11-28-27(20-25)32(34-23-33-28)36-26-10-12-30-29(21-26)37-38-40(30)22-24-6-2-1-3-7-24/h1-4,6-12,20-21,23H,5,13-19,22H2,(H,35,41)(H,33,34,36)/b8-4+. The first-order chi connectivity index (χ1) is 21.2.